The highest BCUT2D eigenvalue weighted by molar-refractivity contribution is 6.04. The number of nitrogens with zero attached hydrogens (tertiary/aromatic N) is 1. The number of carbonyl (C=O) groups excluding carboxylic acids is 2. The van der Waals surface area contributed by atoms with Crippen LogP contribution in [-0.4, -0.2) is 31.2 Å². The SMILES string of the molecule is CCOc1ccc(C=NNC(=O)CC(=O)Nc2ccc(C)cc2C)cc1OCC. The fraction of sp³-hybridized carbons (Fsp3) is 0.318. The van der Waals surface area contributed by atoms with Crippen LogP contribution >= 0.6 is 0 Å². The molecule has 0 saturated heterocycles. The Bertz CT molecular complexity index is 894. The molecule has 0 aliphatic rings. The number of ether oxygens (including phenoxy) is 2. The summed E-state index contributed by atoms with van der Waals surface area (Å²) in [5.41, 5.74) is 5.83. The van der Waals surface area contributed by atoms with Crippen LogP contribution in [0, 0.1) is 13.8 Å². The van der Waals surface area contributed by atoms with Gasteiger partial charge in [-0.15, -0.1) is 0 Å². The number of carbonyl (C=O) groups is 2. The number of hydrogen-bond donors (Lipinski definition) is 2. The van der Waals surface area contributed by atoms with E-state index in [1.165, 1.54) is 6.21 Å². The van der Waals surface area contributed by atoms with E-state index < -0.39 is 11.8 Å². The Morgan fingerprint density at radius 3 is 2.38 bits per heavy atom. The zero-order chi connectivity index (χ0) is 21.2. The molecule has 0 bridgehead atoms. The van der Waals surface area contributed by atoms with E-state index in [9.17, 15) is 9.59 Å². The Kier molecular flexibility index (Phi) is 8.21. The average Bonchev–Trinajstić information content (AvgIpc) is 2.66. The molecular weight excluding hydrogens is 370 g/mol. The van der Waals surface area contributed by atoms with E-state index in [4.69, 9.17) is 9.47 Å². The predicted molar refractivity (Wildman–Crippen MR) is 114 cm³/mol. The summed E-state index contributed by atoms with van der Waals surface area (Å²) in [4.78, 5) is 24.0. The highest BCUT2D eigenvalue weighted by atomic mass is 16.5. The lowest BCUT2D eigenvalue weighted by Crippen LogP contribution is -2.24. The summed E-state index contributed by atoms with van der Waals surface area (Å²) in [6.07, 6.45) is 1.16. The van der Waals surface area contributed by atoms with Crippen molar-refractivity contribution in [2.45, 2.75) is 34.1 Å². The van der Waals surface area contributed by atoms with Gasteiger partial charge in [-0.2, -0.15) is 5.10 Å². The van der Waals surface area contributed by atoms with Crippen molar-refractivity contribution in [1.29, 1.82) is 0 Å². The number of rotatable bonds is 9. The molecule has 0 saturated carbocycles. The van der Waals surface area contributed by atoms with Crippen LogP contribution in [0.15, 0.2) is 41.5 Å². The lowest BCUT2D eigenvalue weighted by molar-refractivity contribution is -0.126. The molecule has 0 aromatic heterocycles. The van der Waals surface area contributed by atoms with E-state index in [2.05, 4.69) is 15.8 Å². The Labute approximate surface area is 171 Å². The van der Waals surface area contributed by atoms with E-state index in [1.54, 1.807) is 18.2 Å². The van der Waals surface area contributed by atoms with Crippen LogP contribution in [0.4, 0.5) is 5.69 Å². The highest BCUT2D eigenvalue weighted by Crippen LogP contribution is 2.28. The van der Waals surface area contributed by atoms with Gasteiger partial charge < -0.3 is 14.8 Å². The molecule has 0 unspecified atom stereocenters. The average molecular weight is 397 g/mol. The molecule has 2 rings (SSSR count). The first kappa shape index (κ1) is 21.9. The molecule has 0 heterocycles. The second kappa shape index (κ2) is 10.8. The van der Waals surface area contributed by atoms with E-state index in [0.29, 0.717) is 30.4 Å². The third-order valence-electron chi connectivity index (χ3n) is 3.95. The van der Waals surface area contributed by atoms with Gasteiger partial charge in [0.1, 0.15) is 6.42 Å². The lowest BCUT2D eigenvalue weighted by Gasteiger charge is -2.11. The van der Waals surface area contributed by atoms with Crippen LogP contribution in [0.1, 0.15) is 37.0 Å². The number of amides is 2. The van der Waals surface area contributed by atoms with Crippen LogP contribution < -0.4 is 20.2 Å². The molecule has 0 radical (unpaired) electrons. The van der Waals surface area contributed by atoms with E-state index >= 15 is 0 Å². The summed E-state index contributed by atoms with van der Waals surface area (Å²) in [6.45, 7) is 8.71. The Hall–Kier alpha value is -3.35. The third kappa shape index (κ3) is 6.95. The van der Waals surface area contributed by atoms with Crippen LogP contribution in [-0.2, 0) is 9.59 Å². The summed E-state index contributed by atoms with van der Waals surface area (Å²) in [5, 5.41) is 6.64. The molecule has 2 amide bonds. The monoisotopic (exact) mass is 397 g/mol. The van der Waals surface area contributed by atoms with Crippen molar-refractivity contribution in [3.63, 3.8) is 0 Å². The van der Waals surface area contributed by atoms with Gasteiger partial charge in [0.2, 0.25) is 11.8 Å². The minimum Gasteiger partial charge on any atom is -0.490 e. The maximum absolute atomic E-state index is 12.1. The lowest BCUT2D eigenvalue weighted by atomic mass is 10.1. The number of aryl methyl sites for hydroxylation is 2. The second-order valence-corrected chi connectivity index (χ2v) is 6.41. The molecule has 0 spiro atoms. The summed E-state index contributed by atoms with van der Waals surface area (Å²) in [5.74, 6) is 0.361. The molecule has 0 aliphatic heterocycles. The second-order valence-electron chi connectivity index (χ2n) is 6.41. The number of anilines is 1. The van der Waals surface area contributed by atoms with E-state index in [-0.39, 0.29) is 6.42 Å². The molecule has 0 fully saturated rings. The third-order valence-corrected chi connectivity index (χ3v) is 3.95. The van der Waals surface area contributed by atoms with Gasteiger partial charge in [0.25, 0.3) is 0 Å². The van der Waals surface area contributed by atoms with Crippen LogP contribution in [0.5, 0.6) is 11.5 Å². The molecule has 29 heavy (non-hydrogen) atoms. The number of nitrogens with one attached hydrogen (secondary N) is 2. The van der Waals surface area contributed by atoms with Crippen molar-refractivity contribution in [3.05, 3.63) is 53.1 Å². The highest BCUT2D eigenvalue weighted by Gasteiger charge is 2.10. The maximum Gasteiger partial charge on any atom is 0.249 e. The summed E-state index contributed by atoms with van der Waals surface area (Å²) >= 11 is 0. The van der Waals surface area contributed by atoms with Crippen molar-refractivity contribution >= 4 is 23.7 Å². The van der Waals surface area contributed by atoms with Gasteiger partial charge in [0.05, 0.1) is 19.4 Å². The largest absolute Gasteiger partial charge is 0.490 e. The molecule has 7 heteroatoms. The fourth-order valence-corrected chi connectivity index (χ4v) is 2.66. The summed E-state index contributed by atoms with van der Waals surface area (Å²) < 4.78 is 11.1. The van der Waals surface area contributed by atoms with Gasteiger partial charge in [-0.1, -0.05) is 17.7 Å². The van der Waals surface area contributed by atoms with Gasteiger partial charge >= 0.3 is 0 Å². The number of hydrogen-bond acceptors (Lipinski definition) is 5. The molecular formula is C22H27N3O4. The topological polar surface area (TPSA) is 89.0 Å². The fourth-order valence-electron chi connectivity index (χ4n) is 2.66. The summed E-state index contributed by atoms with van der Waals surface area (Å²) in [6, 6.07) is 11.1. The molecule has 7 nitrogen and oxygen atoms in total. The van der Waals surface area contributed by atoms with Crippen molar-refractivity contribution in [1.82, 2.24) is 5.43 Å². The van der Waals surface area contributed by atoms with Crippen LogP contribution in [0.25, 0.3) is 0 Å². The smallest absolute Gasteiger partial charge is 0.249 e. The van der Waals surface area contributed by atoms with Gasteiger partial charge in [-0.05, 0) is 63.1 Å². The zero-order valence-corrected chi connectivity index (χ0v) is 17.2. The molecule has 154 valence electrons. The molecule has 0 atom stereocenters. The number of benzene rings is 2. The van der Waals surface area contributed by atoms with Crippen LogP contribution in [0.2, 0.25) is 0 Å². The molecule has 2 N–H and O–H groups in total. The minimum absolute atomic E-state index is 0.321. The molecule has 0 aliphatic carbocycles. The van der Waals surface area contributed by atoms with E-state index in [0.717, 1.165) is 16.7 Å². The van der Waals surface area contributed by atoms with Gasteiger partial charge in [-0.25, -0.2) is 5.43 Å². The van der Waals surface area contributed by atoms with Gasteiger partial charge in [-0.3, -0.25) is 9.59 Å². The minimum atomic E-state index is -0.500. The Morgan fingerprint density at radius 1 is 0.966 bits per heavy atom. The molecule has 2 aromatic carbocycles. The first-order valence-corrected chi connectivity index (χ1v) is 9.51. The zero-order valence-electron chi connectivity index (χ0n) is 17.2. The quantitative estimate of drug-likeness (QED) is 0.385. The van der Waals surface area contributed by atoms with Crippen molar-refractivity contribution in [2.75, 3.05) is 18.5 Å². The van der Waals surface area contributed by atoms with E-state index in [1.807, 2.05) is 45.9 Å². The molecule has 2 aromatic rings. The Balaban J connectivity index is 1.90. The predicted octanol–water partition coefficient (Wildman–Crippen LogP) is 3.58. The summed E-state index contributed by atoms with van der Waals surface area (Å²) in [7, 11) is 0. The van der Waals surface area contributed by atoms with Crippen molar-refractivity contribution < 1.29 is 19.1 Å². The first-order chi connectivity index (χ1) is 13.9. The van der Waals surface area contributed by atoms with Gasteiger partial charge in [0, 0.05) is 5.69 Å². The maximum atomic E-state index is 12.1. The van der Waals surface area contributed by atoms with Crippen molar-refractivity contribution in [3.8, 4) is 11.5 Å². The van der Waals surface area contributed by atoms with Crippen molar-refractivity contribution in [2.24, 2.45) is 5.10 Å². The first-order valence-electron chi connectivity index (χ1n) is 9.51. The standard InChI is InChI=1S/C22H27N3O4/c1-5-28-19-10-8-17(12-20(19)29-6-2)14-23-25-22(27)13-21(26)24-18-9-7-15(3)11-16(18)4/h7-12,14H,5-6,13H2,1-4H3,(H,24,26)(H,25,27). The van der Waals surface area contributed by atoms with Crippen LogP contribution in [0.3, 0.4) is 0 Å². The van der Waals surface area contributed by atoms with Gasteiger partial charge in [0.15, 0.2) is 11.5 Å². The number of hydrazone groups is 1. The normalized spacial score (nSPS) is 10.6. The Morgan fingerprint density at radius 2 is 1.69 bits per heavy atom.